The zero-order valence-corrected chi connectivity index (χ0v) is 14.9. The Labute approximate surface area is 149 Å². The van der Waals surface area contributed by atoms with Crippen molar-refractivity contribution in [2.24, 2.45) is 0 Å². The molecule has 0 unspecified atom stereocenters. The molecule has 0 saturated carbocycles. The van der Waals surface area contributed by atoms with Gasteiger partial charge >= 0.3 is 0 Å². The molecule has 1 aromatic carbocycles. The molecule has 25 heavy (non-hydrogen) atoms. The average molecular weight is 357 g/mol. The fraction of sp³-hybridized carbons (Fsp3) is 0.278. The number of hydrogen-bond donors (Lipinski definition) is 2. The van der Waals surface area contributed by atoms with E-state index in [2.05, 4.69) is 10.3 Å². The first-order valence-corrected chi connectivity index (χ1v) is 8.50. The van der Waals surface area contributed by atoms with Gasteiger partial charge in [-0.05, 0) is 55.9 Å². The number of nitrogens with zero attached hydrogens (tertiary/aromatic N) is 1. The van der Waals surface area contributed by atoms with Crippen LogP contribution in [0.4, 0.5) is 0 Å². The van der Waals surface area contributed by atoms with Gasteiger partial charge in [0.05, 0.1) is 23.7 Å². The van der Waals surface area contributed by atoms with Crippen LogP contribution in [0.5, 0.6) is 0 Å². The van der Waals surface area contributed by atoms with E-state index in [-0.39, 0.29) is 28.8 Å². The second kappa shape index (κ2) is 7.06. The van der Waals surface area contributed by atoms with Gasteiger partial charge in [0.15, 0.2) is 4.77 Å². The Balaban J connectivity index is 2.01. The quantitative estimate of drug-likeness (QED) is 0.687. The molecule has 0 aliphatic rings. The smallest absolute Gasteiger partial charge is 0.262 e. The van der Waals surface area contributed by atoms with Gasteiger partial charge in [-0.25, -0.2) is 0 Å². The van der Waals surface area contributed by atoms with Crippen molar-refractivity contribution in [1.29, 1.82) is 0 Å². The lowest BCUT2D eigenvalue weighted by molar-refractivity contribution is 0.0939. The number of rotatable bonds is 5. The van der Waals surface area contributed by atoms with Gasteiger partial charge in [-0.3, -0.25) is 14.2 Å². The van der Waals surface area contributed by atoms with Gasteiger partial charge in [-0.2, -0.15) is 0 Å². The van der Waals surface area contributed by atoms with E-state index in [4.69, 9.17) is 16.6 Å². The summed E-state index contributed by atoms with van der Waals surface area (Å²) in [5, 5.41) is 3.38. The maximum atomic E-state index is 12.7. The number of H-pyrrole nitrogens is 1. The predicted molar refractivity (Wildman–Crippen MR) is 98.4 cm³/mol. The molecule has 0 fully saturated rings. The second-order valence-corrected chi connectivity index (χ2v) is 6.33. The van der Waals surface area contributed by atoms with E-state index in [1.165, 1.54) is 4.57 Å². The summed E-state index contributed by atoms with van der Waals surface area (Å²) in [6.07, 6.45) is 2.40. The Kier molecular flexibility index (Phi) is 4.85. The van der Waals surface area contributed by atoms with Crippen molar-refractivity contribution in [3.8, 4) is 0 Å². The topological polar surface area (TPSA) is 80.0 Å². The minimum atomic E-state index is -0.218. The third-order valence-electron chi connectivity index (χ3n) is 4.13. The monoisotopic (exact) mass is 357 g/mol. The number of amides is 1. The van der Waals surface area contributed by atoms with E-state index in [0.29, 0.717) is 22.2 Å². The zero-order valence-electron chi connectivity index (χ0n) is 14.0. The van der Waals surface area contributed by atoms with Crippen LogP contribution in [-0.2, 0) is 6.54 Å². The minimum absolute atomic E-state index is 0.0861. The normalized spacial score (nSPS) is 12.2. The molecule has 0 aliphatic carbocycles. The van der Waals surface area contributed by atoms with Gasteiger partial charge < -0.3 is 14.7 Å². The lowest BCUT2D eigenvalue weighted by Gasteiger charge is -2.12. The van der Waals surface area contributed by atoms with E-state index in [1.807, 2.05) is 13.8 Å². The van der Waals surface area contributed by atoms with Gasteiger partial charge in [0.2, 0.25) is 0 Å². The lowest BCUT2D eigenvalue weighted by Crippen LogP contribution is -2.32. The predicted octanol–water partition coefficient (Wildman–Crippen LogP) is 3.23. The largest absolute Gasteiger partial charge is 0.467 e. The Bertz CT molecular complexity index is 1020. The molecule has 6 nitrogen and oxygen atoms in total. The third kappa shape index (κ3) is 3.56. The van der Waals surface area contributed by atoms with Crippen molar-refractivity contribution < 1.29 is 9.21 Å². The van der Waals surface area contributed by atoms with Crippen molar-refractivity contribution >= 4 is 29.0 Å². The molecule has 0 spiro atoms. The fourth-order valence-electron chi connectivity index (χ4n) is 2.51. The maximum Gasteiger partial charge on any atom is 0.262 e. The highest BCUT2D eigenvalue weighted by molar-refractivity contribution is 7.71. The molecule has 1 amide bonds. The van der Waals surface area contributed by atoms with E-state index in [1.54, 1.807) is 36.6 Å². The number of aromatic amines is 1. The molecule has 1 atom stereocenters. The van der Waals surface area contributed by atoms with Gasteiger partial charge in [0.25, 0.3) is 11.5 Å². The van der Waals surface area contributed by atoms with Crippen LogP contribution in [0.2, 0.25) is 0 Å². The Morgan fingerprint density at radius 2 is 2.20 bits per heavy atom. The van der Waals surface area contributed by atoms with Crippen LogP contribution in [0.3, 0.4) is 0 Å². The molecule has 2 heterocycles. The van der Waals surface area contributed by atoms with Gasteiger partial charge in [0, 0.05) is 11.6 Å². The first kappa shape index (κ1) is 17.2. The number of furan rings is 1. The molecule has 0 radical (unpaired) electrons. The highest BCUT2D eigenvalue weighted by Gasteiger charge is 2.12. The molecule has 130 valence electrons. The summed E-state index contributed by atoms with van der Waals surface area (Å²) in [7, 11) is 0. The van der Waals surface area contributed by atoms with Gasteiger partial charge in [0.1, 0.15) is 5.76 Å². The van der Waals surface area contributed by atoms with Crippen molar-refractivity contribution in [2.45, 2.75) is 32.9 Å². The third-order valence-corrected chi connectivity index (χ3v) is 4.45. The molecular weight excluding hydrogens is 338 g/mol. The summed E-state index contributed by atoms with van der Waals surface area (Å²) < 4.78 is 7.01. The molecule has 3 aromatic rings. The van der Waals surface area contributed by atoms with Crippen LogP contribution in [0.25, 0.3) is 10.9 Å². The van der Waals surface area contributed by atoms with E-state index >= 15 is 0 Å². The molecule has 0 aliphatic heterocycles. The van der Waals surface area contributed by atoms with Crippen LogP contribution in [-0.4, -0.2) is 21.5 Å². The number of aromatic nitrogens is 2. The maximum absolute atomic E-state index is 12.7. The zero-order chi connectivity index (χ0) is 18.0. The molecule has 0 bridgehead atoms. The van der Waals surface area contributed by atoms with Crippen LogP contribution in [0.15, 0.2) is 45.8 Å². The summed E-state index contributed by atoms with van der Waals surface area (Å²) in [6.45, 7) is 4.21. The summed E-state index contributed by atoms with van der Waals surface area (Å²) in [5.41, 5.74) is 0.813. The first-order valence-electron chi connectivity index (χ1n) is 8.09. The standard InChI is InChI=1S/C18H19N3O3S/c1-3-11(2)19-16(22)12-6-7-14-15(9-12)20-18(25)21(17(14)23)10-13-5-4-8-24-13/h4-9,11H,3,10H2,1-2H3,(H,19,22)(H,20,25)/t11-/m1/s1. The van der Waals surface area contributed by atoms with E-state index in [9.17, 15) is 9.59 Å². The van der Waals surface area contributed by atoms with Crippen LogP contribution >= 0.6 is 12.2 Å². The average Bonchev–Trinajstić information content (AvgIpc) is 3.11. The highest BCUT2D eigenvalue weighted by Crippen LogP contribution is 2.12. The number of benzene rings is 1. The summed E-state index contributed by atoms with van der Waals surface area (Å²) in [4.78, 5) is 28.0. The van der Waals surface area contributed by atoms with Crippen molar-refractivity contribution in [2.75, 3.05) is 0 Å². The molecule has 3 rings (SSSR count). The first-order chi connectivity index (χ1) is 12.0. The molecule has 2 aromatic heterocycles. The van der Waals surface area contributed by atoms with Crippen LogP contribution in [0.1, 0.15) is 36.4 Å². The van der Waals surface area contributed by atoms with Crippen molar-refractivity contribution in [1.82, 2.24) is 14.9 Å². The van der Waals surface area contributed by atoms with Crippen molar-refractivity contribution in [3.63, 3.8) is 0 Å². The number of nitrogens with one attached hydrogen (secondary N) is 2. The minimum Gasteiger partial charge on any atom is -0.467 e. The molecule has 2 N–H and O–H groups in total. The summed E-state index contributed by atoms with van der Waals surface area (Å²) >= 11 is 5.30. The molecular formula is C18H19N3O3S. The number of hydrogen-bond acceptors (Lipinski definition) is 4. The van der Waals surface area contributed by atoms with Gasteiger partial charge in [-0.1, -0.05) is 6.92 Å². The Morgan fingerprint density at radius 1 is 1.40 bits per heavy atom. The SMILES string of the molecule is CC[C@@H](C)NC(=O)c1ccc2c(=O)n(Cc3ccco3)c(=S)[nH]c2c1. The van der Waals surface area contributed by atoms with Crippen molar-refractivity contribution in [3.05, 3.63) is 63.0 Å². The fourth-order valence-corrected chi connectivity index (χ4v) is 2.76. The van der Waals surface area contributed by atoms with E-state index in [0.717, 1.165) is 6.42 Å². The van der Waals surface area contributed by atoms with Crippen LogP contribution in [0, 0.1) is 4.77 Å². The highest BCUT2D eigenvalue weighted by atomic mass is 32.1. The van der Waals surface area contributed by atoms with Crippen LogP contribution < -0.4 is 10.9 Å². The molecule has 0 saturated heterocycles. The van der Waals surface area contributed by atoms with Gasteiger partial charge in [-0.15, -0.1) is 0 Å². The van der Waals surface area contributed by atoms with E-state index < -0.39 is 0 Å². The lowest BCUT2D eigenvalue weighted by atomic mass is 10.1. The summed E-state index contributed by atoms with van der Waals surface area (Å²) in [6, 6.07) is 8.58. The number of carbonyl (C=O) groups is 1. The summed E-state index contributed by atoms with van der Waals surface area (Å²) in [5.74, 6) is 0.473. The second-order valence-electron chi connectivity index (χ2n) is 5.94. The molecule has 7 heteroatoms. The number of fused-ring (bicyclic) bond motifs is 1. The number of carbonyl (C=O) groups excluding carboxylic acids is 1. The Morgan fingerprint density at radius 3 is 2.88 bits per heavy atom. The Hall–Kier alpha value is -2.67.